The predicted octanol–water partition coefficient (Wildman–Crippen LogP) is 6.59. The summed E-state index contributed by atoms with van der Waals surface area (Å²) in [6.07, 6.45) is 2.31. The minimum atomic E-state index is 0.0130. The van der Waals surface area contributed by atoms with Crippen molar-refractivity contribution in [2.75, 3.05) is 6.54 Å². The summed E-state index contributed by atoms with van der Waals surface area (Å²) >= 11 is 6.40. The van der Waals surface area contributed by atoms with E-state index in [1.165, 1.54) is 0 Å². The Morgan fingerprint density at radius 3 is 2.32 bits per heavy atom. The van der Waals surface area contributed by atoms with Crippen molar-refractivity contribution in [3.8, 4) is 22.9 Å². The van der Waals surface area contributed by atoms with Gasteiger partial charge in [0.1, 0.15) is 11.4 Å². The molecule has 1 aliphatic carbocycles. The monoisotopic (exact) mass is 471 g/mol. The molecule has 1 amide bonds. The average Bonchev–Trinajstić information content (AvgIpc) is 3.64. The molecule has 5 rings (SSSR count). The first-order valence-electron chi connectivity index (χ1n) is 11.5. The fourth-order valence-electron chi connectivity index (χ4n) is 4.07. The summed E-state index contributed by atoms with van der Waals surface area (Å²) in [5.41, 5.74) is 3.31. The summed E-state index contributed by atoms with van der Waals surface area (Å²) in [5.74, 6) is 1.68. The molecule has 4 aromatic rings. The smallest absolute Gasteiger partial charge is 0.254 e. The lowest BCUT2D eigenvalue weighted by atomic mass is 10.1. The Morgan fingerprint density at radius 2 is 1.65 bits per heavy atom. The van der Waals surface area contributed by atoms with Gasteiger partial charge in [-0.05, 0) is 43.0 Å². The van der Waals surface area contributed by atoms with Gasteiger partial charge in [0.15, 0.2) is 0 Å². The molecule has 3 aromatic carbocycles. The van der Waals surface area contributed by atoms with Gasteiger partial charge in [-0.3, -0.25) is 4.79 Å². The van der Waals surface area contributed by atoms with Gasteiger partial charge in [0.25, 0.3) is 5.91 Å². The molecular formula is C28H26ClN3O2. The molecule has 1 fully saturated rings. The third-order valence-corrected chi connectivity index (χ3v) is 6.32. The van der Waals surface area contributed by atoms with Crippen molar-refractivity contribution in [3.05, 3.63) is 101 Å². The van der Waals surface area contributed by atoms with Crippen LogP contribution in [0, 0.1) is 5.92 Å². The van der Waals surface area contributed by atoms with Gasteiger partial charge < -0.3 is 9.64 Å². The number of hydrogen-bond donors (Lipinski definition) is 0. The number of aryl methyl sites for hydroxylation is 1. The molecule has 0 spiro atoms. The second-order valence-corrected chi connectivity index (χ2v) is 9.06. The number of rotatable bonds is 8. The number of benzene rings is 3. The number of carbonyl (C=O) groups excluding carboxylic acids is 1. The molecular weight excluding hydrogens is 446 g/mol. The molecule has 0 atom stereocenters. The van der Waals surface area contributed by atoms with Crippen LogP contribution in [0.4, 0.5) is 0 Å². The molecule has 1 aliphatic rings. The van der Waals surface area contributed by atoms with Crippen LogP contribution in [-0.2, 0) is 13.6 Å². The highest BCUT2D eigenvalue weighted by atomic mass is 35.5. The lowest BCUT2D eigenvalue weighted by molar-refractivity contribution is 0.0734. The quantitative estimate of drug-likeness (QED) is 0.291. The normalized spacial score (nSPS) is 13.0. The first kappa shape index (κ1) is 22.2. The van der Waals surface area contributed by atoms with Crippen molar-refractivity contribution in [1.82, 2.24) is 14.7 Å². The van der Waals surface area contributed by atoms with Gasteiger partial charge in [-0.2, -0.15) is 5.10 Å². The van der Waals surface area contributed by atoms with Crippen molar-refractivity contribution < 1.29 is 9.53 Å². The van der Waals surface area contributed by atoms with E-state index in [4.69, 9.17) is 21.4 Å². The van der Waals surface area contributed by atoms with Crippen molar-refractivity contribution in [3.63, 3.8) is 0 Å². The molecule has 0 N–H and O–H groups in total. The number of ether oxygens (including phenoxy) is 1. The molecule has 0 unspecified atom stereocenters. The fourth-order valence-corrected chi connectivity index (χ4v) is 4.24. The number of hydrogen-bond acceptors (Lipinski definition) is 3. The fraction of sp³-hybridized carbons (Fsp3) is 0.214. The van der Waals surface area contributed by atoms with E-state index in [0.29, 0.717) is 41.2 Å². The van der Waals surface area contributed by atoms with Gasteiger partial charge in [0.05, 0.1) is 17.1 Å². The van der Waals surface area contributed by atoms with Crippen LogP contribution in [-0.4, -0.2) is 27.1 Å². The molecule has 0 saturated heterocycles. The van der Waals surface area contributed by atoms with E-state index in [-0.39, 0.29) is 5.91 Å². The highest BCUT2D eigenvalue weighted by molar-refractivity contribution is 6.32. The largest absolute Gasteiger partial charge is 0.437 e. The van der Waals surface area contributed by atoms with E-state index in [0.717, 1.165) is 29.7 Å². The molecule has 6 heteroatoms. The summed E-state index contributed by atoms with van der Waals surface area (Å²) in [4.78, 5) is 15.5. The van der Waals surface area contributed by atoms with Crippen molar-refractivity contribution in [2.24, 2.45) is 13.0 Å². The maximum atomic E-state index is 13.5. The van der Waals surface area contributed by atoms with E-state index < -0.39 is 0 Å². The Kier molecular flexibility index (Phi) is 6.37. The number of halogens is 1. The van der Waals surface area contributed by atoms with E-state index in [1.54, 1.807) is 10.7 Å². The molecule has 172 valence electrons. The van der Waals surface area contributed by atoms with E-state index in [9.17, 15) is 4.79 Å². The van der Waals surface area contributed by atoms with E-state index in [1.807, 2.05) is 90.8 Å². The zero-order valence-corrected chi connectivity index (χ0v) is 19.8. The Bertz CT molecular complexity index is 1280. The molecule has 5 nitrogen and oxygen atoms in total. The van der Waals surface area contributed by atoms with Gasteiger partial charge in [-0.15, -0.1) is 0 Å². The zero-order valence-electron chi connectivity index (χ0n) is 19.0. The Hall–Kier alpha value is -3.57. The molecule has 1 heterocycles. The predicted molar refractivity (Wildman–Crippen MR) is 134 cm³/mol. The van der Waals surface area contributed by atoms with Crippen LogP contribution in [0.2, 0.25) is 5.02 Å². The number of amides is 1. The second kappa shape index (κ2) is 9.74. The number of nitrogens with zero attached hydrogens (tertiary/aromatic N) is 3. The number of carbonyl (C=O) groups is 1. The van der Waals surface area contributed by atoms with Crippen LogP contribution in [0.25, 0.3) is 11.3 Å². The minimum absolute atomic E-state index is 0.0130. The van der Waals surface area contributed by atoms with Crippen molar-refractivity contribution >= 4 is 17.5 Å². The third-order valence-electron chi connectivity index (χ3n) is 6.01. The van der Waals surface area contributed by atoms with E-state index >= 15 is 0 Å². The maximum Gasteiger partial charge on any atom is 0.254 e. The lowest BCUT2D eigenvalue weighted by Gasteiger charge is -2.23. The van der Waals surface area contributed by atoms with E-state index in [2.05, 4.69) is 0 Å². The molecule has 0 radical (unpaired) electrons. The SMILES string of the molecule is Cn1nc(-c2ccccc2)c(CN(CC2CC2)C(=O)c2ccccc2)c1Oc1ccccc1Cl. The summed E-state index contributed by atoms with van der Waals surface area (Å²) < 4.78 is 8.04. The summed E-state index contributed by atoms with van der Waals surface area (Å²) in [6.45, 7) is 1.10. The van der Waals surface area contributed by atoms with Gasteiger partial charge >= 0.3 is 0 Å². The van der Waals surface area contributed by atoms with Crippen LogP contribution in [0.5, 0.6) is 11.6 Å². The summed E-state index contributed by atoms with van der Waals surface area (Å²) in [6, 6.07) is 26.8. The lowest BCUT2D eigenvalue weighted by Crippen LogP contribution is -2.32. The first-order chi connectivity index (χ1) is 16.6. The first-order valence-corrected chi connectivity index (χ1v) is 11.9. The third kappa shape index (κ3) is 4.85. The summed E-state index contributed by atoms with van der Waals surface area (Å²) in [5, 5.41) is 5.32. The Labute approximate surface area is 204 Å². The van der Waals surface area contributed by atoms with Gasteiger partial charge in [-0.1, -0.05) is 72.3 Å². The second-order valence-electron chi connectivity index (χ2n) is 8.65. The Morgan fingerprint density at radius 1 is 1.00 bits per heavy atom. The Balaban J connectivity index is 1.57. The standard InChI is InChI=1S/C28H26ClN3O2/c1-31-28(34-25-15-9-8-14-24(25)29)23(26(30-31)21-10-4-2-5-11-21)19-32(18-20-16-17-20)27(33)22-12-6-3-7-13-22/h2-15,20H,16-19H2,1H3. The number of aromatic nitrogens is 2. The van der Waals surface area contributed by atoms with Gasteiger partial charge in [-0.25, -0.2) is 4.68 Å². The topological polar surface area (TPSA) is 47.4 Å². The maximum absolute atomic E-state index is 13.5. The minimum Gasteiger partial charge on any atom is -0.437 e. The van der Waals surface area contributed by atoms with Crippen molar-refractivity contribution in [2.45, 2.75) is 19.4 Å². The molecule has 1 saturated carbocycles. The van der Waals surface area contributed by atoms with Crippen molar-refractivity contribution in [1.29, 1.82) is 0 Å². The highest BCUT2D eigenvalue weighted by Crippen LogP contribution is 2.37. The highest BCUT2D eigenvalue weighted by Gasteiger charge is 2.30. The van der Waals surface area contributed by atoms with Crippen LogP contribution in [0.3, 0.4) is 0 Å². The molecule has 1 aromatic heterocycles. The van der Waals surface area contributed by atoms with Crippen LogP contribution in [0.15, 0.2) is 84.9 Å². The van der Waals surface area contributed by atoms with Crippen LogP contribution >= 0.6 is 11.6 Å². The van der Waals surface area contributed by atoms with Crippen LogP contribution in [0.1, 0.15) is 28.8 Å². The molecule has 0 aliphatic heterocycles. The van der Waals surface area contributed by atoms with Crippen LogP contribution < -0.4 is 4.74 Å². The number of para-hydroxylation sites is 1. The average molecular weight is 472 g/mol. The van der Waals surface area contributed by atoms with Gasteiger partial charge in [0.2, 0.25) is 5.88 Å². The zero-order chi connectivity index (χ0) is 23.5. The van der Waals surface area contributed by atoms with Gasteiger partial charge in [0, 0.05) is 24.7 Å². The summed E-state index contributed by atoms with van der Waals surface area (Å²) in [7, 11) is 1.85. The molecule has 34 heavy (non-hydrogen) atoms. The molecule has 0 bridgehead atoms.